The minimum Gasteiger partial charge on any atom is -0.493 e. The third-order valence-electron chi connectivity index (χ3n) is 4.55. The average molecular weight is 384 g/mol. The molecule has 0 spiro atoms. The maximum Gasteiger partial charge on any atom is 0.255 e. The van der Waals surface area contributed by atoms with Crippen LogP contribution in [-0.4, -0.2) is 48.7 Å². The van der Waals surface area contributed by atoms with Crippen molar-refractivity contribution in [3.63, 3.8) is 0 Å². The van der Waals surface area contributed by atoms with Crippen molar-refractivity contribution >= 4 is 11.7 Å². The van der Waals surface area contributed by atoms with E-state index in [0.717, 1.165) is 18.9 Å². The largest absolute Gasteiger partial charge is 0.493 e. The first-order chi connectivity index (χ1) is 13.7. The number of anilines is 1. The highest BCUT2D eigenvalue weighted by Gasteiger charge is 2.15. The van der Waals surface area contributed by atoms with Crippen LogP contribution in [0.3, 0.4) is 0 Å². The van der Waals surface area contributed by atoms with Crippen molar-refractivity contribution in [3.05, 3.63) is 41.7 Å². The number of carbonyl (C=O) groups excluding carboxylic acids is 1. The van der Waals surface area contributed by atoms with Gasteiger partial charge in [0.2, 0.25) is 5.88 Å². The van der Waals surface area contributed by atoms with Crippen molar-refractivity contribution in [2.24, 2.45) is 0 Å². The molecule has 1 aliphatic heterocycles. The Bertz CT molecular complexity index is 791. The normalized spacial score (nSPS) is 13.9. The molecule has 1 aromatic carbocycles. The number of carbonyl (C=O) groups is 1. The lowest BCUT2D eigenvalue weighted by atomic mass is 10.1. The summed E-state index contributed by atoms with van der Waals surface area (Å²) in [5.74, 6) is 2.54. The Hall–Kier alpha value is -2.83. The van der Waals surface area contributed by atoms with Gasteiger partial charge in [-0.25, -0.2) is 4.98 Å². The molecule has 0 radical (unpaired) electrons. The summed E-state index contributed by atoms with van der Waals surface area (Å²) < 4.78 is 11.3. The lowest BCUT2D eigenvalue weighted by Crippen LogP contribution is -2.30. The van der Waals surface area contributed by atoms with Crippen molar-refractivity contribution in [1.82, 2.24) is 15.3 Å². The van der Waals surface area contributed by atoms with Crippen LogP contribution in [0.25, 0.3) is 0 Å². The highest BCUT2D eigenvalue weighted by Crippen LogP contribution is 2.21. The summed E-state index contributed by atoms with van der Waals surface area (Å²) in [6.07, 6.45) is 3.65. The Morgan fingerprint density at radius 1 is 1.14 bits per heavy atom. The number of nitrogens with zero attached hydrogens (tertiary/aromatic N) is 3. The van der Waals surface area contributed by atoms with E-state index in [1.807, 2.05) is 32.0 Å². The van der Waals surface area contributed by atoms with E-state index in [2.05, 4.69) is 20.2 Å². The number of hydrogen-bond acceptors (Lipinski definition) is 6. The molecule has 0 saturated carbocycles. The third kappa shape index (κ3) is 5.34. The molecule has 150 valence electrons. The molecule has 1 aromatic heterocycles. The number of ether oxygens (including phenoxy) is 2. The molecular weight excluding hydrogens is 356 g/mol. The fraction of sp³-hybridized carbons (Fsp3) is 0.476. The van der Waals surface area contributed by atoms with E-state index in [1.54, 1.807) is 12.1 Å². The lowest BCUT2D eigenvalue weighted by molar-refractivity contribution is 0.0942. The van der Waals surface area contributed by atoms with Gasteiger partial charge in [0.15, 0.2) is 0 Å². The molecule has 1 amide bonds. The van der Waals surface area contributed by atoms with Gasteiger partial charge in [0.25, 0.3) is 5.91 Å². The first kappa shape index (κ1) is 19.9. The van der Waals surface area contributed by atoms with Crippen LogP contribution in [0.2, 0.25) is 0 Å². The first-order valence-corrected chi connectivity index (χ1v) is 9.91. The molecule has 28 heavy (non-hydrogen) atoms. The van der Waals surface area contributed by atoms with Crippen molar-refractivity contribution in [3.8, 4) is 11.6 Å². The SMILES string of the molecule is CCOc1ccccc1C(=O)NCCOc1cc(N2CCCCC2)nc(C)n1. The van der Waals surface area contributed by atoms with Gasteiger partial charge in [0.1, 0.15) is 24.0 Å². The zero-order valence-corrected chi connectivity index (χ0v) is 16.6. The van der Waals surface area contributed by atoms with Gasteiger partial charge in [-0.15, -0.1) is 0 Å². The fourth-order valence-corrected chi connectivity index (χ4v) is 3.24. The summed E-state index contributed by atoms with van der Waals surface area (Å²) in [5, 5.41) is 2.86. The van der Waals surface area contributed by atoms with Crippen LogP contribution in [0.1, 0.15) is 42.4 Å². The van der Waals surface area contributed by atoms with Gasteiger partial charge in [-0.2, -0.15) is 4.98 Å². The number of benzene rings is 1. The van der Waals surface area contributed by atoms with Crippen molar-refractivity contribution in [2.45, 2.75) is 33.1 Å². The minimum absolute atomic E-state index is 0.180. The van der Waals surface area contributed by atoms with E-state index in [-0.39, 0.29) is 5.91 Å². The summed E-state index contributed by atoms with van der Waals surface area (Å²) in [6.45, 7) is 7.02. The fourth-order valence-electron chi connectivity index (χ4n) is 3.24. The Morgan fingerprint density at radius 2 is 1.93 bits per heavy atom. The van der Waals surface area contributed by atoms with E-state index < -0.39 is 0 Å². The van der Waals surface area contributed by atoms with E-state index in [9.17, 15) is 4.79 Å². The van der Waals surface area contributed by atoms with Crippen molar-refractivity contribution < 1.29 is 14.3 Å². The van der Waals surface area contributed by atoms with Gasteiger partial charge in [-0.1, -0.05) is 12.1 Å². The van der Waals surface area contributed by atoms with Gasteiger partial charge in [-0.3, -0.25) is 4.79 Å². The summed E-state index contributed by atoms with van der Waals surface area (Å²) >= 11 is 0. The number of nitrogens with one attached hydrogen (secondary N) is 1. The van der Waals surface area contributed by atoms with Crippen LogP contribution in [-0.2, 0) is 0 Å². The van der Waals surface area contributed by atoms with Gasteiger partial charge < -0.3 is 19.7 Å². The number of rotatable bonds is 8. The molecule has 1 N–H and O–H groups in total. The second kappa shape index (κ2) is 9.92. The van der Waals surface area contributed by atoms with Crippen LogP contribution in [0.15, 0.2) is 30.3 Å². The molecule has 0 aliphatic carbocycles. The Balaban J connectivity index is 1.52. The molecule has 1 fully saturated rings. The highest BCUT2D eigenvalue weighted by atomic mass is 16.5. The molecule has 2 aromatic rings. The van der Waals surface area contributed by atoms with Crippen LogP contribution < -0.4 is 19.7 Å². The predicted molar refractivity (Wildman–Crippen MR) is 108 cm³/mol. The number of amides is 1. The highest BCUT2D eigenvalue weighted by molar-refractivity contribution is 5.96. The molecule has 7 nitrogen and oxygen atoms in total. The van der Waals surface area contributed by atoms with Crippen molar-refractivity contribution in [1.29, 1.82) is 0 Å². The Morgan fingerprint density at radius 3 is 2.71 bits per heavy atom. The first-order valence-electron chi connectivity index (χ1n) is 9.91. The maximum atomic E-state index is 12.4. The molecule has 0 atom stereocenters. The molecule has 0 bridgehead atoms. The summed E-state index contributed by atoms with van der Waals surface area (Å²) in [6, 6.07) is 9.09. The Kier molecular flexibility index (Phi) is 7.06. The van der Waals surface area contributed by atoms with Crippen LogP contribution in [0.5, 0.6) is 11.6 Å². The minimum atomic E-state index is -0.180. The average Bonchev–Trinajstić information content (AvgIpc) is 2.72. The number of aromatic nitrogens is 2. The summed E-state index contributed by atoms with van der Waals surface area (Å²) in [4.78, 5) is 23.5. The molecular formula is C21H28N4O3. The van der Waals surface area contributed by atoms with Crippen LogP contribution >= 0.6 is 0 Å². The smallest absolute Gasteiger partial charge is 0.255 e. The number of para-hydroxylation sites is 1. The monoisotopic (exact) mass is 384 g/mol. The van der Waals surface area contributed by atoms with Crippen LogP contribution in [0.4, 0.5) is 5.82 Å². The quantitative estimate of drug-likeness (QED) is 0.705. The second-order valence-corrected chi connectivity index (χ2v) is 6.69. The summed E-state index contributed by atoms with van der Waals surface area (Å²) in [7, 11) is 0. The molecule has 1 aliphatic rings. The predicted octanol–water partition coefficient (Wildman–Crippen LogP) is 2.98. The standard InChI is InChI=1S/C21H28N4O3/c1-3-27-18-10-6-5-9-17(18)21(26)22-11-14-28-20-15-19(23-16(2)24-20)25-12-7-4-8-13-25/h5-6,9-10,15H,3-4,7-8,11-14H2,1-2H3,(H,22,26). The number of piperidine rings is 1. The number of hydrogen-bond donors (Lipinski definition) is 1. The molecule has 2 heterocycles. The zero-order valence-electron chi connectivity index (χ0n) is 16.6. The summed E-state index contributed by atoms with van der Waals surface area (Å²) in [5.41, 5.74) is 0.523. The molecule has 3 rings (SSSR count). The van der Waals surface area contributed by atoms with E-state index in [1.165, 1.54) is 19.3 Å². The number of aryl methyl sites for hydroxylation is 1. The Labute approximate surface area is 166 Å². The lowest BCUT2D eigenvalue weighted by Gasteiger charge is -2.28. The van der Waals surface area contributed by atoms with Gasteiger partial charge in [-0.05, 0) is 45.2 Å². The molecule has 1 saturated heterocycles. The van der Waals surface area contributed by atoms with E-state index >= 15 is 0 Å². The van der Waals surface area contributed by atoms with Crippen LogP contribution in [0, 0.1) is 6.92 Å². The van der Waals surface area contributed by atoms with E-state index in [0.29, 0.717) is 42.8 Å². The van der Waals surface area contributed by atoms with Crippen molar-refractivity contribution in [2.75, 3.05) is 37.7 Å². The molecule has 0 unspecified atom stereocenters. The second-order valence-electron chi connectivity index (χ2n) is 6.69. The topological polar surface area (TPSA) is 76.6 Å². The third-order valence-corrected chi connectivity index (χ3v) is 4.55. The maximum absolute atomic E-state index is 12.4. The van der Waals surface area contributed by atoms with E-state index in [4.69, 9.17) is 9.47 Å². The van der Waals surface area contributed by atoms with Gasteiger partial charge in [0, 0.05) is 19.2 Å². The zero-order chi connectivity index (χ0) is 19.8. The van der Waals surface area contributed by atoms with Gasteiger partial charge in [0.05, 0.1) is 18.7 Å². The molecule has 7 heteroatoms. The van der Waals surface area contributed by atoms with Gasteiger partial charge >= 0.3 is 0 Å².